The predicted octanol–water partition coefficient (Wildman–Crippen LogP) is 3.59. The van der Waals surface area contributed by atoms with Crippen LogP contribution in [0.4, 0.5) is 5.69 Å². The number of pyridine rings is 1. The molecule has 6 nitrogen and oxygen atoms in total. The number of para-hydroxylation sites is 1. The highest BCUT2D eigenvalue weighted by atomic mass is 35.5. The van der Waals surface area contributed by atoms with Crippen molar-refractivity contribution in [3.05, 3.63) is 59.5 Å². The molecule has 0 saturated carbocycles. The molecule has 3 heterocycles. The number of anilines is 1. The molecule has 0 radical (unpaired) electrons. The molecule has 0 spiro atoms. The molecule has 1 aliphatic rings. The van der Waals surface area contributed by atoms with Crippen LogP contribution in [-0.4, -0.2) is 44.5 Å². The van der Waals surface area contributed by atoms with E-state index in [0.717, 1.165) is 37.4 Å². The molecule has 1 N–H and O–H groups in total. The summed E-state index contributed by atoms with van der Waals surface area (Å²) in [5, 5.41) is 12.2. The van der Waals surface area contributed by atoms with Crippen LogP contribution in [0.1, 0.15) is 31.5 Å². The Kier molecular flexibility index (Phi) is 5.09. The summed E-state index contributed by atoms with van der Waals surface area (Å²) in [7, 11) is 0. The van der Waals surface area contributed by atoms with Gasteiger partial charge in [-0.15, -0.1) is 10.2 Å². The van der Waals surface area contributed by atoms with Gasteiger partial charge in [-0.3, -0.25) is 14.1 Å². The second-order valence-corrected chi connectivity index (χ2v) is 7.37. The molecule has 1 saturated heterocycles. The van der Waals surface area contributed by atoms with E-state index in [9.17, 15) is 4.79 Å². The highest BCUT2D eigenvalue weighted by Crippen LogP contribution is 2.28. The van der Waals surface area contributed by atoms with Gasteiger partial charge < -0.3 is 5.32 Å². The van der Waals surface area contributed by atoms with Crippen molar-refractivity contribution in [2.24, 2.45) is 0 Å². The Balaban J connectivity index is 1.47. The van der Waals surface area contributed by atoms with Gasteiger partial charge in [0.15, 0.2) is 5.65 Å². The minimum absolute atomic E-state index is 0.0464. The van der Waals surface area contributed by atoms with E-state index in [-0.39, 0.29) is 17.9 Å². The Labute approximate surface area is 163 Å². The second kappa shape index (κ2) is 7.66. The first kappa shape index (κ1) is 17.9. The van der Waals surface area contributed by atoms with Crippen molar-refractivity contribution < 1.29 is 4.79 Å². The number of halogens is 1. The van der Waals surface area contributed by atoms with Gasteiger partial charge in [-0.1, -0.05) is 29.8 Å². The highest BCUT2D eigenvalue weighted by molar-refractivity contribution is 6.33. The molecule has 1 amide bonds. The Morgan fingerprint density at radius 1 is 1.22 bits per heavy atom. The quantitative estimate of drug-likeness (QED) is 0.747. The Bertz CT molecular complexity index is 956. The van der Waals surface area contributed by atoms with Crippen molar-refractivity contribution in [3.63, 3.8) is 0 Å². The molecule has 1 fully saturated rings. The third-order valence-electron chi connectivity index (χ3n) is 5.22. The number of rotatable bonds is 4. The van der Waals surface area contributed by atoms with Crippen molar-refractivity contribution in [3.8, 4) is 0 Å². The number of benzene rings is 1. The molecular weight excluding hydrogens is 362 g/mol. The van der Waals surface area contributed by atoms with E-state index < -0.39 is 0 Å². The van der Waals surface area contributed by atoms with Crippen molar-refractivity contribution in [1.82, 2.24) is 19.5 Å². The number of amides is 1. The zero-order valence-corrected chi connectivity index (χ0v) is 15.9. The lowest BCUT2D eigenvalue weighted by molar-refractivity contribution is -0.121. The third-order valence-corrected chi connectivity index (χ3v) is 5.55. The molecule has 0 bridgehead atoms. The smallest absolute Gasteiger partial charge is 0.241 e. The lowest BCUT2D eigenvalue weighted by Crippen LogP contribution is -2.46. The number of hydrogen-bond acceptors (Lipinski definition) is 4. The summed E-state index contributed by atoms with van der Waals surface area (Å²) in [6.45, 7) is 3.62. The first-order valence-electron chi connectivity index (χ1n) is 9.22. The van der Waals surface area contributed by atoms with Gasteiger partial charge in [0.1, 0.15) is 5.82 Å². The molecule has 2 aromatic heterocycles. The second-order valence-electron chi connectivity index (χ2n) is 6.97. The topological polar surface area (TPSA) is 62.5 Å². The SMILES string of the molecule is CC(C(=O)Nc1ccccc1Cl)N1CCCC(c2nnc3ccccn23)C1. The summed E-state index contributed by atoms with van der Waals surface area (Å²) in [5.74, 6) is 1.18. The monoisotopic (exact) mass is 383 g/mol. The van der Waals surface area contributed by atoms with Gasteiger partial charge in [0.2, 0.25) is 5.91 Å². The number of nitrogens with one attached hydrogen (secondary N) is 1. The average Bonchev–Trinajstić information content (AvgIpc) is 3.13. The van der Waals surface area contributed by atoms with Crippen molar-refractivity contribution in [1.29, 1.82) is 0 Å². The van der Waals surface area contributed by atoms with E-state index in [2.05, 4.69) is 20.4 Å². The number of aromatic nitrogens is 3. The Hall–Kier alpha value is -2.44. The number of carbonyl (C=O) groups excluding carboxylic acids is 1. The first-order valence-corrected chi connectivity index (χ1v) is 9.60. The minimum atomic E-state index is -0.247. The fourth-order valence-corrected chi connectivity index (χ4v) is 3.86. The summed E-state index contributed by atoms with van der Waals surface area (Å²) in [5.41, 5.74) is 1.50. The van der Waals surface area contributed by atoms with Gasteiger partial charge in [0.05, 0.1) is 16.8 Å². The first-order chi connectivity index (χ1) is 13.1. The third kappa shape index (κ3) is 3.68. The zero-order chi connectivity index (χ0) is 18.8. The molecule has 2 unspecified atom stereocenters. The molecule has 1 aliphatic heterocycles. The summed E-state index contributed by atoms with van der Waals surface area (Å²) in [6, 6.07) is 12.9. The maximum absolute atomic E-state index is 12.7. The van der Waals surface area contributed by atoms with Crippen LogP contribution in [0, 0.1) is 0 Å². The number of fused-ring (bicyclic) bond motifs is 1. The summed E-state index contributed by atoms with van der Waals surface area (Å²) in [4.78, 5) is 14.9. The number of hydrogen-bond donors (Lipinski definition) is 1. The molecule has 140 valence electrons. The van der Waals surface area contributed by atoms with Crippen LogP contribution in [0.2, 0.25) is 5.02 Å². The van der Waals surface area contributed by atoms with Crippen LogP contribution in [0.25, 0.3) is 5.65 Å². The van der Waals surface area contributed by atoms with Crippen LogP contribution >= 0.6 is 11.6 Å². The molecular formula is C20H22ClN5O. The molecule has 4 rings (SSSR count). The van der Waals surface area contributed by atoms with E-state index in [1.54, 1.807) is 6.07 Å². The predicted molar refractivity (Wildman–Crippen MR) is 106 cm³/mol. The lowest BCUT2D eigenvalue weighted by atomic mass is 9.96. The van der Waals surface area contributed by atoms with Crippen LogP contribution < -0.4 is 5.32 Å². The van der Waals surface area contributed by atoms with E-state index in [1.165, 1.54) is 0 Å². The molecule has 27 heavy (non-hydrogen) atoms. The molecule has 3 aromatic rings. The maximum atomic E-state index is 12.7. The summed E-state index contributed by atoms with van der Waals surface area (Å²) in [6.07, 6.45) is 4.07. The minimum Gasteiger partial charge on any atom is -0.323 e. The highest BCUT2D eigenvalue weighted by Gasteiger charge is 2.30. The molecule has 7 heteroatoms. The van der Waals surface area contributed by atoms with Crippen molar-refractivity contribution >= 4 is 28.8 Å². The van der Waals surface area contributed by atoms with Gasteiger partial charge in [-0.2, -0.15) is 0 Å². The molecule has 0 aliphatic carbocycles. The van der Waals surface area contributed by atoms with E-state index in [1.807, 2.05) is 53.9 Å². The van der Waals surface area contributed by atoms with Gasteiger partial charge in [0.25, 0.3) is 0 Å². The maximum Gasteiger partial charge on any atom is 0.241 e. The molecule has 2 atom stereocenters. The van der Waals surface area contributed by atoms with Gasteiger partial charge in [0, 0.05) is 18.7 Å². The Morgan fingerprint density at radius 2 is 2.04 bits per heavy atom. The fraction of sp³-hybridized carbons (Fsp3) is 0.350. The van der Waals surface area contributed by atoms with Crippen LogP contribution in [0.3, 0.4) is 0 Å². The van der Waals surface area contributed by atoms with E-state index in [0.29, 0.717) is 10.7 Å². The van der Waals surface area contributed by atoms with Gasteiger partial charge >= 0.3 is 0 Å². The van der Waals surface area contributed by atoms with Crippen LogP contribution in [-0.2, 0) is 4.79 Å². The number of carbonyl (C=O) groups is 1. The summed E-state index contributed by atoms with van der Waals surface area (Å²) < 4.78 is 2.04. The Morgan fingerprint density at radius 3 is 2.89 bits per heavy atom. The van der Waals surface area contributed by atoms with Gasteiger partial charge in [-0.25, -0.2) is 0 Å². The average molecular weight is 384 g/mol. The van der Waals surface area contributed by atoms with E-state index in [4.69, 9.17) is 11.6 Å². The molecule has 1 aromatic carbocycles. The standard InChI is InChI=1S/C20H22ClN5O/c1-14(20(27)22-17-9-3-2-8-16(17)21)25-11-6-7-15(13-25)19-24-23-18-10-4-5-12-26(18)19/h2-5,8-10,12,14-15H,6-7,11,13H2,1H3,(H,22,27). The van der Waals surface area contributed by atoms with Crippen LogP contribution in [0.15, 0.2) is 48.7 Å². The lowest BCUT2D eigenvalue weighted by Gasteiger charge is -2.35. The number of piperidine rings is 1. The normalized spacial score (nSPS) is 19.1. The van der Waals surface area contributed by atoms with Crippen molar-refractivity contribution in [2.45, 2.75) is 31.7 Å². The van der Waals surface area contributed by atoms with E-state index >= 15 is 0 Å². The largest absolute Gasteiger partial charge is 0.323 e. The summed E-state index contributed by atoms with van der Waals surface area (Å²) >= 11 is 6.16. The van der Waals surface area contributed by atoms with Gasteiger partial charge in [-0.05, 0) is 50.6 Å². The van der Waals surface area contributed by atoms with Crippen LogP contribution in [0.5, 0.6) is 0 Å². The zero-order valence-electron chi connectivity index (χ0n) is 15.2. The number of nitrogens with zero attached hydrogens (tertiary/aromatic N) is 4. The number of likely N-dealkylation sites (tertiary alicyclic amines) is 1. The fourth-order valence-electron chi connectivity index (χ4n) is 3.67. The van der Waals surface area contributed by atoms with Crippen molar-refractivity contribution in [2.75, 3.05) is 18.4 Å².